The predicted molar refractivity (Wildman–Crippen MR) is 120 cm³/mol. The minimum absolute atomic E-state index is 0.0321. The molecule has 4 rings (SSSR count). The van der Waals surface area contributed by atoms with Crippen LogP contribution in [-0.4, -0.2) is 39.0 Å². The first-order valence-electron chi connectivity index (χ1n) is 10.6. The van der Waals surface area contributed by atoms with Gasteiger partial charge in [-0.15, -0.1) is 0 Å². The molecule has 0 atom stereocenters. The molecule has 0 saturated heterocycles. The number of fused-ring (bicyclic) bond motifs is 1. The normalized spacial score (nSPS) is 17.1. The lowest BCUT2D eigenvalue weighted by molar-refractivity contribution is -0.117. The molecule has 9 heteroatoms. The number of halogens is 3. The lowest BCUT2D eigenvalue weighted by Gasteiger charge is -2.18. The summed E-state index contributed by atoms with van der Waals surface area (Å²) >= 11 is 3.41. The smallest absolute Gasteiger partial charge is 0.249 e. The van der Waals surface area contributed by atoms with Crippen LogP contribution in [0.4, 0.5) is 14.5 Å². The van der Waals surface area contributed by atoms with Gasteiger partial charge >= 0.3 is 0 Å². The summed E-state index contributed by atoms with van der Waals surface area (Å²) < 4.78 is 29.4. The second kappa shape index (κ2) is 8.68. The van der Waals surface area contributed by atoms with Crippen molar-refractivity contribution in [1.82, 2.24) is 19.9 Å². The molecule has 0 bridgehead atoms. The maximum Gasteiger partial charge on any atom is 0.249 e. The van der Waals surface area contributed by atoms with Crippen molar-refractivity contribution in [2.24, 2.45) is 0 Å². The van der Waals surface area contributed by atoms with Crippen molar-refractivity contribution in [3.8, 4) is 0 Å². The van der Waals surface area contributed by atoms with Crippen molar-refractivity contribution < 1.29 is 13.6 Å². The van der Waals surface area contributed by atoms with Gasteiger partial charge in [0.05, 0.1) is 17.6 Å². The van der Waals surface area contributed by atoms with Gasteiger partial charge in [-0.2, -0.15) is 5.10 Å². The Morgan fingerprint density at radius 1 is 1.35 bits per heavy atom. The number of rotatable bonds is 8. The van der Waals surface area contributed by atoms with Crippen LogP contribution in [0.2, 0.25) is 0 Å². The lowest BCUT2D eigenvalue weighted by atomic mass is 9.91. The van der Waals surface area contributed by atoms with Crippen LogP contribution >= 0.6 is 15.9 Å². The van der Waals surface area contributed by atoms with Gasteiger partial charge in [-0.1, -0.05) is 13.0 Å². The van der Waals surface area contributed by atoms with E-state index in [1.807, 2.05) is 13.0 Å². The monoisotopic (exact) mass is 493 g/mol. The molecule has 1 saturated carbocycles. The number of imidazole rings is 1. The topological polar surface area (TPSA) is 71.3 Å². The van der Waals surface area contributed by atoms with E-state index in [2.05, 4.69) is 36.6 Å². The fourth-order valence-electron chi connectivity index (χ4n) is 3.72. The lowest BCUT2D eigenvalue weighted by Crippen LogP contribution is -2.28. The molecular formula is C22H26BrF2N5O. The van der Waals surface area contributed by atoms with Crippen LogP contribution in [0.5, 0.6) is 0 Å². The average molecular weight is 494 g/mol. The summed E-state index contributed by atoms with van der Waals surface area (Å²) in [5, 5.41) is 10.7. The number of allylic oxidation sites excluding steroid dienone is 3. The molecule has 2 aliphatic rings. The van der Waals surface area contributed by atoms with E-state index in [-0.39, 0.29) is 25.3 Å². The number of nitrogens with zero attached hydrogens (tertiary/aromatic N) is 3. The number of anilines is 1. The fourth-order valence-corrected chi connectivity index (χ4v) is 4.10. The fraction of sp³-hybridized carbons (Fsp3) is 0.500. The van der Waals surface area contributed by atoms with Gasteiger partial charge in [0.25, 0.3) is 0 Å². The first kappa shape index (κ1) is 21.9. The van der Waals surface area contributed by atoms with Crippen molar-refractivity contribution in [1.29, 1.82) is 0 Å². The Balaban J connectivity index is 1.58. The molecule has 0 aliphatic heterocycles. The molecule has 166 valence electrons. The summed E-state index contributed by atoms with van der Waals surface area (Å²) in [6.07, 6.45) is 6.83. The molecule has 2 N–H and O–H groups in total. The van der Waals surface area contributed by atoms with E-state index >= 15 is 0 Å². The average Bonchev–Trinajstić information content (AvgIpc) is 3.43. The number of hydrogen-bond acceptors (Lipinski definition) is 4. The molecule has 0 aromatic carbocycles. The largest absolute Gasteiger partial charge is 0.382 e. The molecule has 2 aromatic rings. The van der Waals surface area contributed by atoms with Crippen LogP contribution in [-0.2, 0) is 4.79 Å². The van der Waals surface area contributed by atoms with Crippen molar-refractivity contribution in [3.05, 3.63) is 39.8 Å². The van der Waals surface area contributed by atoms with Gasteiger partial charge in [0.2, 0.25) is 11.8 Å². The van der Waals surface area contributed by atoms with Gasteiger partial charge in [0, 0.05) is 31.0 Å². The van der Waals surface area contributed by atoms with Crippen LogP contribution in [0.25, 0.3) is 11.2 Å². The van der Waals surface area contributed by atoms with E-state index < -0.39 is 5.92 Å². The highest BCUT2D eigenvalue weighted by Crippen LogP contribution is 2.33. The third-order valence-electron chi connectivity index (χ3n) is 5.79. The Morgan fingerprint density at radius 2 is 2.13 bits per heavy atom. The molecule has 1 amide bonds. The molecule has 0 spiro atoms. The van der Waals surface area contributed by atoms with Gasteiger partial charge < -0.3 is 10.6 Å². The maximum absolute atomic E-state index is 13.6. The highest BCUT2D eigenvalue weighted by molar-refractivity contribution is 9.10. The Morgan fingerprint density at radius 3 is 2.81 bits per heavy atom. The number of aromatic nitrogens is 3. The molecule has 0 radical (unpaired) electrons. The molecule has 2 aliphatic carbocycles. The van der Waals surface area contributed by atoms with E-state index in [0.717, 1.165) is 35.3 Å². The Kier molecular flexibility index (Phi) is 6.14. The van der Waals surface area contributed by atoms with E-state index in [1.54, 1.807) is 16.8 Å². The van der Waals surface area contributed by atoms with Crippen LogP contribution in [0, 0.1) is 0 Å². The molecular weight excluding hydrogens is 468 g/mol. The highest BCUT2D eigenvalue weighted by atomic mass is 79.9. The molecule has 6 nitrogen and oxygen atoms in total. The molecule has 0 unspecified atom stereocenters. The van der Waals surface area contributed by atoms with E-state index in [0.29, 0.717) is 34.8 Å². The van der Waals surface area contributed by atoms with Gasteiger partial charge in [0.1, 0.15) is 4.60 Å². The van der Waals surface area contributed by atoms with E-state index in [4.69, 9.17) is 0 Å². The second-order valence-corrected chi connectivity index (χ2v) is 9.04. The number of carbonyl (C=O) groups excluding carboxylic acids is 1. The van der Waals surface area contributed by atoms with Gasteiger partial charge in [-0.05, 0) is 65.7 Å². The molecule has 2 aromatic heterocycles. The zero-order valence-electron chi connectivity index (χ0n) is 17.6. The third-order valence-corrected chi connectivity index (χ3v) is 6.18. The minimum atomic E-state index is -2.69. The number of nitrogens with one attached hydrogen (secondary N) is 2. The number of hydrogen-bond donors (Lipinski definition) is 2. The van der Waals surface area contributed by atoms with Gasteiger partial charge in [-0.3, -0.25) is 4.79 Å². The zero-order valence-corrected chi connectivity index (χ0v) is 19.2. The minimum Gasteiger partial charge on any atom is -0.382 e. The summed E-state index contributed by atoms with van der Waals surface area (Å²) in [7, 11) is 0. The first-order valence-corrected chi connectivity index (χ1v) is 11.4. The van der Waals surface area contributed by atoms with Crippen LogP contribution in [0.15, 0.2) is 34.1 Å². The standard InChI is InChI=1S/C22H26BrF2N5O/c1-3-22(24,25)8-9-26-17-11-19(23)29-30-18(12-27-20(17)30)14-4-7-16(13(2)10-14)21(31)28-15-5-6-15/h10-12,15,26H,3-9H2,1-2H3,(H,28,31). The summed E-state index contributed by atoms with van der Waals surface area (Å²) in [5.41, 5.74) is 4.88. The van der Waals surface area contributed by atoms with Gasteiger partial charge in [-0.25, -0.2) is 18.3 Å². The Labute approximate surface area is 188 Å². The maximum atomic E-state index is 13.6. The Hall–Kier alpha value is -2.29. The van der Waals surface area contributed by atoms with E-state index in [9.17, 15) is 13.6 Å². The van der Waals surface area contributed by atoms with E-state index in [1.165, 1.54) is 6.92 Å². The second-order valence-electron chi connectivity index (χ2n) is 8.22. The summed E-state index contributed by atoms with van der Waals surface area (Å²) in [6, 6.07) is 2.08. The first-order chi connectivity index (χ1) is 14.8. The number of amides is 1. The molecule has 31 heavy (non-hydrogen) atoms. The van der Waals surface area contributed by atoms with Gasteiger partial charge in [0.15, 0.2) is 5.65 Å². The Bertz CT molecular complexity index is 1070. The molecule has 2 heterocycles. The summed E-state index contributed by atoms with van der Waals surface area (Å²) in [5.74, 6) is -2.65. The van der Waals surface area contributed by atoms with Crippen molar-refractivity contribution >= 4 is 38.7 Å². The van der Waals surface area contributed by atoms with Crippen LogP contribution in [0.3, 0.4) is 0 Å². The summed E-state index contributed by atoms with van der Waals surface area (Å²) in [6.45, 7) is 3.57. The summed E-state index contributed by atoms with van der Waals surface area (Å²) in [4.78, 5) is 16.9. The highest BCUT2D eigenvalue weighted by Gasteiger charge is 2.27. The molecule has 1 fully saturated rings. The SMILES string of the molecule is CCC(F)(F)CCNc1cc(Br)nn2c(C3=CC(C)=C(C(=O)NC4CC4)CC3)cnc12. The van der Waals surface area contributed by atoms with Crippen molar-refractivity contribution in [3.63, 3.8) is 0 Å². The third kappa shape index (κ3) is 4.97. The number of alkyl halides is 2. The van der Waals surface area contributed by atoms with Crippen LogP contribution < -0.4 is 10.6 Å². The van der Waals surface area contributed by atoms with Crippen LogP contribution in [0.1, 0.15) is 58.1 Å². The van der Waals surface area contributed by atoms with Crippen molar-refractivity contribution in [2.45, 2.75) is 64.3 Å². The quantitative estimate of drug-likeness (QED) is 0.535. The zero-order chi connectivity index (χ0) is 22.2. The number of carbonyl (C=O) groups is 1. The predicted octanol–water partition coefficient (Wildman–Crippen LogP) is 5.11. The van der Waals surface area contributed by atoms with Crippen molar-refractivity contribution in [2.75, 3.05) is 11.9 Å².